The lowest BCUT2D eigenvalue weighted by molar-refractivity contribution is 0.244. The Hall–Kier alpha value is -1.20. The SMILES string of the molecule is CCCc1cnc(NCC2CN(C)CCN2)nc1. The highest BCUT2D eigenvalue weighted by Gasteiger charge is 2.15. The summed E-state index contributed by atoms with van der Waals surface area (Å²) in [5.41, 5.74) is 1.21. The molecule has 2 heterocycles. The Bertz CT molecular complexity index is 351. The van der Waals surface area contributed by atoms with Gasteiger partial charge in [0.2, 0.25) is 5.95 Å². The van der Waals surface area contributed by atoms with Crippen LogP contribution in [-0.4, -0.2) is 54.1 Å². The number of anilines is 1. The van der Waals surface area contributed by atoms with Gasteiger partial charge in [-0.2, -0.15) is 0 Å². The minimum Gasteiger partial charge on any atom is -0.353 e. The van der Waals surface area contributed by atoms with Crippen molar-refractivity contribution in [3.8, 4) is 0 Å². The number of nitrogens with one attached hydrogen (secondary N) is 2. The Kier molecular flexibility index (Phi) is 4.90. The third kappa shape index (κ3) is 3.92. The Balaban J connectivity index is 1.78. The van der Waals surface area contributed by atoms with Gasteiger partial charge in [0.05, 0.1) is 0 Å². The molecule has 0 aromatic carbocycles. The van der Waals surface area contributed by atoms with Gasteiger partial charge in [-0.05, 0) is 19.0 Å². The molecule has 100 valence electrons. The molecule has 5 heteroatoms. The van der Waals surface area contributed by atoms with Crippen LogP contribution in [0.1, 0.15) is 18.9 Å². The van der Waals surface area contributed by atoms with Crippen molar-refractivity contribution in [2.45, 2.75) is 25.8 Å². The van der Waals surface area contributed by atoms with Gasteiger partial charge in [0, 0.05) is 44.6 Å². The van der Waals surface area contributed by atoms with Crippen LogP contribution in [-0.2, 0) is 6.42 Å². The summed E-state index contributed by atoms with van der Waals surface area (Å²) in [6.07, 6.45) is 6.02. The highest BCUT2D eigenvalue weighted by Crippen LogP contribution is 2.03. The molecule has 0 amide bonds. The monoisotopic (exact) mass is 249 g/mol. The normalized spacial score (nSPS) is 20.9. The third-order valence-corrected chi connectivity index (χ3v) is 3.21. The van der Waals surface area contributed by atoms with E-state index in [4.69, 9.17) is 0 Å². The molecule has 0 radical (unpaired) electrons. The minimum atomic E-state index is 0.475. The average molecular weight is 249 g/mol. The molecule has 0 bridgehead atoms. The van der Waals surface area contributed by atoms with Gasteiger partial charge < -0.3 is 15.5 Å². The molecule has 1 aliphatic rings. The van der Waals surface area contributed by atoms with Crippen LogP contribution in [0.3, 0.4) is 0 Å². The highest BCUT2D eigenvalue weighted by atomic mass is 15.2. The molecule has 1 unspecified atom stereocenters. The zero-order valence-corrected chi connectivity index (χ0v) is 11.3. The van der Waals surface area contributed by atoms with Gasteiger partial charge in [0.25, 0.3) is 0 Å². The third-order valence-electron chi connectivity index (χ3n) is 3.21. The standard InChI is InChI=1S/C13H23N5/c1-3-4-11-7-15-13(16-8-11)17-9-12-10-18(2)6-5-14-12/h7-8,12,14H,3-6,9-10H2,1-2H3,(H,15,16,17). The lowest BCUT2D eigenvalue weighted by Crippen LogP contribution is -2.51. The van der Waals surface area contributed by atoms with Gasteiger partial charge in [-0.15, -0.1) is 0 Å². The predicted octanol–water partition coefficient (Wildman–Crippen LogP) is 0.745. The molecule has 1 aliphatic heterocycles. The van der Waals surface area contributed by atoms with Crippen molar-refractivity contribution in [3.63, 3.8) is 0 Å². The van der Waals surface area contributed by atoms with E-state index in [-0.39, 0.29) is 0 Å². The van der Waals surface area contributed by atoms with E-state index >= 15 is 0 Å². The minimum absolute atomic E-state index is 0.475. The van der Waals surface area contributed by atoms with Gasteiger partial charge >= 0.3 is 0 Å². The first kappa shape index (κ1) is 13.2. The second-order valence-corrected chi connectivity index (χ2v) is 4.96. The molecule has 1 fully saturated rings. The second-order valence-electron chi connectivity index (χ2n) is 4.96. The van der Waals surface area contributed by atoms with Crippen molar-refractivity contribution in [1.29, 1.82) is 0 Å². The van der Waals surface area contributed by atoms with Crippen molar-refractivity contribution >= 4 is 5.95 Å². The Morgan fingerprint density at radius 3 is 2.89 bits per heavy atom. The largest absolute Gasteiger partial charge is 0.353 e. The lowest BCUT2D eigenvalue weighted by Gasteiger charge is -2.30. The van der Waals surface area contributed by atoms with E-state index in [1.54, 1.807) is 0 Å². The molecule has 2 rings (SSSR count). The van der Waals surface area contributed by atoms with Gasteiger partial charge in [-0.25, -0.2) is 9.97 Å². The number of likely N-dealkylation sites (N-methyl/N-ethyl adjacent to an activating group) is 1. The van der Waals surface area contributed by atoms with E-state index in [0.717, 1.165) is 45.0 Å². The topological polar surface area (TPSA) is 53.1 Å². The van der Waals surface area contributed by atoms with Crippen molar-refractivity contribution in [1.82, 2.24) is 20.2 Å². The van der Waals surface area contributed by atoms with Crippen LogP contribution in [0.15, 0.2) is 12.4 Å². The smallest absolute Gasteiger partial charge is 0.222 e. The first-order chi connectivity index (χ1) is 8.78. The van der Waals surface area contributed by atoms with E-state index in [9.17, 15) is 0 Å². The first-order valence-corrected chi connectivity index (χ1v) is 6.74. The summed E-state index contributed by atoms with van der Waals surface area (Å²) in [4.78, 5) is 11.0. The van der Waals surface area contributed by atoms with E-state index < -0.39 is 0 Å². The Labute approximate surface area is 109 Å². The first-order valence-electron chi connectivity index (χ1n) is 6.74. The fraction of sp³-hybridized carbons (Fsp3) is 0.692. The van der Waals surface area contributed by atoms with Crippen LogP contribution in [0, 0.1) is 0 Å². The summed E-state index contributed by atoms with van der Waals surface area (Å²) < 4.78 is 0. The van der Waals surface area contributed by atoms with Gasteiger partial charge in [0.1, 0.15) is 0 Å². The van der Waals surface area contributed by atoms with E-state index in [0.29, 0.717) is 6.04 Å². The molecule has 1 aromatic rings. The molecule has 5 nitrogen and oxygen atoms in total. The molecule has 0 spiro atoms. The van der Waals surface area contributed by atoms with Crippen molar-refractivity contribution in [2.75, 3.05) is 38.5 Å². The summed E-state index contributed by atoms with van der Waals surface area (Å²) in [5.74, 6) is 0.727. The number of rotatable bonds is 5. The summed E-state index contributed by atoms with van der Waals surface area (Å²) >= 11 is 0. The molecule has 1 saturated heterocycles. The van der Waals surface area contributed by atoms with Crippen molar-refractivity contribution in [2.24, 2.45) is 0 Å². The van der Waals surface area contributed by atoms with Crippen molar-refractivity contribution < 1.29 is 0 Å². The molecule has 1 atom stereocenters. The fourth-order valence-electron chi connectivity index (χ4n) is 2.21. The summed E-state index contributed by atoms with van der Waals surface area (Å²) in [6, 6.07) is 0.475. The highest BCUT2D eigenvalue weighted by molar-refractivity contribution is 5.25. The van der Waals surface area contributed by atoms with E-state index in [1.807, 2.05) is 12.4 Å². The van der Waals surface area contributed by atoms with Gasteiger partial charge in [-0.1, -0.05) is 13.3 Å². The molecule has 18 heavy (non-hydrogen) atoms. The summed E-state index contributed by atoms with van der Waals surface area (Å²) in [6.45, 7) is 6.29. The van der Waals surface area contributed by atoms with Crippen LogP contribution < -0.4 is 10.6 Å². The van der Waals surface area contributed by atoms with Crippen LogP contribution in [0.25, 0.3) is 0 Å². The molecule has 0 saturated carbocycles. The molecular formula is C13H23N5. The van der Waals surface area contributed by atoms with E-state index in [2.05, 4.69) is 39.5 Å². The number of aryl methyl sites for hydroxylation is 1. The number of hydrogen-bond donors (Lipinski definition) is 2. The number of hydrogen-bond acceptors (Lipinski definition) is 5. The molecule has 0 aliphatic carbocycles. The van der Waals surface area contributed by atoms with Crippen LogP contribution in [0.2, 0.25) is 0 Å². The molecular weight excluding hydrogens is 226 g/mol. The summed E-state index contributed by atoms with van der Waals surface area (Å²) in [7, 11) is 2.16. The zero-order chi connectivity index (χ0) is 12.8. The maximum Gasteiger partial charge on any atom is 0.222 e. The van der Waals surface area contributed by atoms with Gasteiger partial charge in [-0.3, -0.25) is 0 Å². The van der Waals surface area contributed by atoms with Crippen LogP contribution >= 0.6 is 0 Å². The van der Waals surface area contributed by atoms with E-state index in [1.165, 1.54) is 5.56 Å². The van der Waals surface area contributed by atoms with Crippen LogP contribution in [0.5, 0.6) is 0 Å². The Morgan fingerprint density at radius 1 is 1.44 bits per heavy atom. The van der Waals surface area contributed by atoms with Crippen LogP contribution in [0.4, 0.5) is 5.95 Å². The molecule has 1 aromatic heterocycles. The van der Waals surface area contributed by atoms with Gasteiger partial charge in [0.15, 0.2) is 0 Å². The average Bonchev–Trinajstić information content (AvgIpc) is 2.38. The number of aromatic nitrogens is 2. The number of piperazine rings is 1. The molecule has 2 N–H and O–H groups in total. The summed E-state index contributed by atoms with van der Waals surface area (Å²) in [5, 5.41) is 6.78. The second kappa shape index (κ2) is 6.66. The quantitative estimate of drug-likeness (QED) is 0.806. The predicted molar refractivity (Wildman–Crippen MR) is 73.8 cm³/mol. The maximum atomic E-state index is 4.34. The Morgan fingerprint density at radius 2 is 2.22 bits per heavy atom. The zero-order valence-electron chi connectivity index (χ0n) is 11.3. The fourth-order valence-corrected chi connectivity index (χ4v) is 2.21. The lowest BCUT2D eigenvalue weighted by atomic mass is 10.2. The maximum absolute atomic E-state index is 4.34. The van der Waals surface area contributed by atoms with Crippen molar-refractivity contribution in [3.05, 3.63) is 18.0 Å². The number of nitrogens with zero attached hydrogens (tertiary/aromatic N) is 3.